The van der Waals surface area contributed by atoms with Gasteiger partial charge in [-0.15, -0.1) is 0 Å². The van der Waals surface area contributed by atoms with E-state index in [0.29, 0.717) is 6.61 Å². The topological polar surface area (TPSA) is 21.3 Å². The number of hydrogen-bond donors (Lipinski definition) is 1. The fraction of sp³-hybridized carbons (Fsp3) is 0.467. The van der Waals surface area contributed by atoms with E-state index in [9.17, 15) is 0 Å². The molecule has 0 atom stereocenters. The Morgan fingerprint density at radius 1 is 1.35 bits per heavy atom. The van der Waals surface area contributed by atoms with Crippen molar-refractivity contribution >= 4 is 0 Å². The molecule has 1 aromatic rings. The van der Waals surface area contributed by atoms with E-state index in [1.54, 1.807) is 6.08 Å². The Labute approximate surface area is 105 Å². The highest BCUT2D eigenvalue weighted by atomic mass is 16.5. The van der Waals surface area contributed by atoms with Crippen molar-refractivity contribution < 1.29 is 4.74 Å². The van der Waals surface area contributed by atoms with Gasteiger partial charge in [-0.2, -0.15) is 0 Å². The molecule has 0 unspecified atom stereocenters. The van der Waals surface area contributed by atoms with Crippen LogP contribution in [-0.2, 0) is 6.54 Å². The van der Waals surface area contributed by atoms with Gasteiger partial charge in [-0.05, 0) is 30.7 Å². The van der Waals surface area contributed by atoms with E-state index in [4.69, 9.17) is 4.74 Å². The third-order valence-corrected chi connectivity index (χ3v) is 2.55. The van der Waals surface area contributed by atoms with E-state index in [0.717, 1.165) is 18.8 Å². The summed E-state index contributed by atoms with van der Waals surface area (Å²) in [5, 5.41) is 3.44. The normalized spacial score (nSPS) is 10.2. The second-order valence-corrected chi connectivity index (χ2v) is 4.13. The predicted octanol–water partition coefficient (Wildman–Crippen LogP) is 3.53. The fourth-order valence-electron chi connectivity index (χ4n) is 1.63. The lowest BCUT2D eigenvalue weighted by Gasteiger charge is -2.07. The van der Waals surface area contributed by atoms with Crippen LogP contribution in [0.1, 0.15) is 31.7 Å². The van der Waals surface area contributed by atoms with E-state index in [2.05, 4.69) is 31.0 Å². The highest BCUT2D eigenvalue weighted by molar-refractivity contribution is 5.28. The molecule has 17 heavy (non-hydrogen) atoms. The van der Waals surface area contributed by atoms with Gasteiger partial charge >= 0.3 is 0 Å². The number of rotatable bonds is 9. The first-order valence-electron chi connectivity index (χ1n) is 6.40. The van der Waals surface area contributed by atoms with Gasteiger partial charge in [0.1, 0.15) is 12.4 Å². The number of unbranched alkanes of at least 4 members (excludes halogenated alkanes) is 2. The van der Waals surface area contributed by atoms with E-state index in [-0.39, 0.29) is 0 Å². The third kappa shape index (κ3) is 6.12. The molecular formula is C15H23NO. The van der Waals surface area contributed by atoms with Crippen molar-refractivity contribution in [2.45, 2.75) is 32.7 Å². The Kier molecular flexibility index (Phi) is 7.15. The SMILES string of the molecule is C=CCOc1cccc(CNCCCCC)c1. The average molecular weight is 233 g/mol. The van der Waals surface area contributed by atoms with Gasteiger partial charge in [0, 0.05) is 6.54 Å². The predicted molar refractivity (Wildman–Crippen MR) is 73.4 cm³/mol. The van der Waals surface area contributed by atoms with Gasteiger partial charge in [0.15, 0.2) is 0 Å². The number of ether oxygens (including phenoxy) is 1. The third-order valence-electron chi connectivity index (χ3n) is 2.55. The van der Waals surface area contributed by atoms with E-state index in [1.165, 1.54) is 24.8 Å². The van der Waals surface area contributed by atoms with Gasteiger partial charge in [0.2, 0.25) is 0 Å². The summed E-state index contributed by atoms with van der Waals surface area (Å²) >= 11 is 0. The van der Waals surface area contributed by atoms with Gasteiger partial charge < -0.3 is 10.1 Å². The summed E-state index contributed by atoms with van der Waals surface area (Å²) in [6.45, 7) is 8.43. The molecule has 1 aromatic carbocycles. The molecule has 0 heterocycles. The van der Waals surface area contributed by atoms with Crippen LogP contribution in [0.15, 0.2) is 36.9 Å². The van der Waals surface area contributed by atoms with Crippen LogP contribution >= 0.6 is 0 Å². The maximum absolute atomic E-state index is 5.49. The van der Waals surface area contributed by atoms with Crippen molar-refractivity contribution in [3.63, 3.8) is 0 Å². The van der Waals surface area contributed by atoms with Crippen molar-refractivity contribution in [2.75, 3.05) is 13.2 Å². The van der Waals surface area contributed by atoms with Gasteiger partial charge in [0.05, 0.1) is 0 Å². The van der Waals surface area contributed by atoms with E-state index in [1.807, 2.05) is 12.1 Å². The summed E-state index contributed by atoms with van der Waals surface area (Å²) in [6, 6.07) is 8.20. The van der Waals surface area contributed by atoms with Gasteiger partial charge in [-0.1, -0.05) is 44.6 Å². The van der Waals surface area contributed by atoms with Crippen molar-refractivity contribution in [1.82, 2.24) is 5.32 Å². The van der Waals surface area contributed by atoms with Crippen LogP contribution < -0.4 is 10.1 Å². The lowest BCUT2D eigenvalue weighted by atomic mass is 10.2. The molecule has 0 aliphatic heterocycles. The molecule has 1 N–H and O–H groups in total. The van der Waals surface area contributed by atoms with Crippen LogP contribution in [0.4, 0.5) is 0 Å². The summed E-state index contributed by atoms with van der Waals surface area (Å²) in [4.78, 5) is 0. The average Bonchev–Trinajstić information content (AvgIpc) is 2.37. The highest BCUT2D eigenvalue weighted by Gasteiger charge is 1.96. The molecule has 0 aliphatic rings. The van der Waals surface area contributed by atoms with Crippen molar-refractivity contribution in [1.29, 1.82) is 0 Å². The van der Waals surface area contributed by atoms with E-state index < -0.39 is 0 Å². The second-order valence-electron chi connectivity index (χ2n) is 4.13. The van der Waals surface area contributed by atoms with Crippen molar-refractivity contribution in [3.8, 4) is 5.75 Å². The standard InChI is InChI=1S/C15H23NO/c1-3-5-6-10-16-13-14-8-7-9-15(12-14)17-11-4-2/h4,7-9,12,16H,2-3,5-6,10-11,13H2,1H3. The minimum absolute atomic E-state index is 0.563. The summed E-state index contributed by atoms with van der Waals surface area (Å²) in [5.74, 6) is 0.915. The first-order chi connectivity index (χ1) is 8.36. The molecule has 0 aromatic heterocycles. The Balaban J connectivity index is 2.29. The first kappa shape index (κ1) is 13.8. The van der Waals surface area contributed by atoms with Gasteiger partial charge in [0.25, 0.3) is 0 Å². The monoisotopic (exact) mass is 233 g/mol. The van der Waals surface area contributed by atoms with Crippen molar-refractivity contribution in [3.05, 3.63) is 42.5 Å². The summed E-state index contributed by atoms with van der Waals surface area (Å²) in [7, 11) is 0. The molecule has 0 fully saturated rings. The summed E-state index contributed by atoms with van der Waals surface area (Å²) < 4.78 is 5.49. The molecular weight excluding hydrogens is 210 g/mol. The number of benzene rings is 1. The summed E-state index contributed by atoms with van der Waals surface area (Å²) in [6.07, 6.45) is 5.58. The zero-order valence-corrected chi connectivity index (χ0v) is 10.7. The molecule has 94 valence electrons. The molecule has 2 nitrogen and oxygen atoms in total. The Hall–Kier alpha value is -1.28. The largest absolute Gasteiger partial charge is 0.490 e. The molecule has 0 bridgehead atoms. The Morgan fingerprint density at radius 3 is 3.00 bits per heavy atom. The quantitative estimate of drug-likeness (QED) is 0.520. The zero-order chi connectivity index (χ0) is 12.3. The molecule has 0 radical (unpaired) electrons. The van der Waals surface area contributed by atoms with Crippen LogP contribution in [0.25, 0.3) is 0 Å². The maximum atomic E-state index is 5.49. The molecule has 0 amide bonds. The van der Waals surface area contributed by atoms with Gasteiger partial charge in [-0.3, -0.25) is 0 Å². The Morgan fingerprint density at radius 2 is 2.24 bits per heavy atom. The molecule has 1 rings (SSSR count). The number of hydrogen-bond acceptors (Lipinski definition) is 2. The molecule has 0 saturated carbocycles. The summed E-state index contributed by atoms with van der Waals surface area (Å²) in [5.41, 5.74) is 1.27. The van der Waals surface area contributed by atoms with Crippen LogP contribution in [-0.4, -0.2) is 13.2 Å². The van der Waals surface area contributed by atoms with Gasteiger partial charge in [-0.25, -0.2) is 0 Å². The fourth-order valence-corrected chi connectivity index (χ4v) is 1.63. The smallest absolute Gasteiger partial charge is 0.120 e. The zero-order valence-electron chi connectivity index (χ0n) is 10.7. The minimum Gasteiger partial charge on any atom is -0.490 e. The minimum atomic E-state index is 0.563. The first-order valence-corrected chi connectivity index (χ1v) is 6.40. The highest BCUT2D eigenvalue weighted by Crippen LogP contribution is 2.13. The van der Waals surface area contributed by atoms with Crippen LogP contribution in [0.5, 0.6) is 5.75 Å². The van der Waals surface area contributed by atoms with Crippen LogP contribution in [0, 0.1) is 0 Å². The molecule has 0 aliphatic carbocycles. The van der Waals surface area contributed by atoms with Crippen LogP contribution in [0.3, 0.4) is 0 Å². The van der Waals surface area contributed by atoms with E-state index >= 15 is 0 Å². The maximum Gasteiger partial charge on any atom is 0.120 e. The second kappa shape index (κ2) is 8.82. The Bertz CT molecular complexity index is 322. The van der Waals surface area contributed by atoms with Crippen molar-refractivity contribution in [2.24, 2.45) is 0 Å². The molecule has 0 spiro atoms. The molecule has 2 heteroatoms. The number of nitrogens with one attached hydrogen (secondary N) is 1. The lowest BCUT2D eigenvalue weighted by molar-refractivity contribution is 0.362. The van der Waals surface area contributed by atoms with Crippen LogP contribution in [0.2, 0.25) is 0 Å². The lowest BCUT2D eigenvalue weighted by Crippen LogP contribution is -2.14. The molecule has 0 saturated heterocycles.